The summed E-state index contributed by atoms with van der Waals surface area (Å²) in [7, 11) is 0. The predicted molar refractivity (Wildman–Crippen MR) is 123 cm³/mol. The maximum absolute atomic E-state index is 12.6. The summed E-state index contributed by atoms with van der Waals surface area (Å²) in [6.07, 6.45) is 1.49. The molecule has 2 aromatic carbocycles. The molecule has 2 aliphatic heterocycles. The highest BCUT2D eigenvalue weighted by Crippen LogP contribution is 2.37. The van der Waals surface area contributed by atoms with Gasteiger partial charge in [0, 0.05) is 23.1 Å². The Bertz CT molecular complexity index is 1350. The molecule has 2 aliphatic rings. The van der Waals surface area contributed by atoms with Crippen molar-refractivity contribution < 1.29 is 14.1 Å². The molecule has 5 rings (SSSR count). The fourth-order valence-electron chi connectivity index (χ4n) is 3.39. The van der Waals surface area contributed by atoms with Crippen LogP contribution >= 0.6 is 11.8 Å². The number of hydrogen-bond donors (Lipinski definition) is 1. The molecule has 0 saturated heterocycles. The maximum Gasteiger partial charge on any atom is 0.283 e. The molecule has 1 amide bonds. The molecule has 3 aromatic rings. The van der Waals surface area contributed by atoms with Crippen molar-refractivity contribution in [1.29, 1.82) is 5.41 Å². The molecule has 8 nitrogen and oxygen atoms in total. The predicted octanol–water partition coefficient (Wildman–Crippen LogP) is 5.16. The van der Waals surface area contributed by atoms with Gasteiger partial charge in [0.25, 0.3) is 11.6 Å². The number of benzene rings is 2. The molecule has 0 bridgehead atoms. The molecule has 0 aliphatic carbocycles. The third-order valence-corrected chi connectivity index (χ3v) is 5.79. The standard InChI is InChI=1S/C23H14N4O4S/c24-21-18(12-17-10-11-20(31-17)15-6-8-16(9-7-15)27(29)30)22(28)25-23-26(21)19(13-32-23)14-4-2-1-3-5-14/h1-13,24H. The van der Waals surface area contributed by atoms with E-state index in [-0.39, 0.29) is 17.1 Å². The quantitative estimate of drug-likeness (QED) is 0.339. The summed E-state index contributed by atoms with van der Waals surface area (Å²) < 4.78 is 5.81. The van der Waals surface area contributed by atoms with E-state index in [9.17, 15) is 14.9 Å². The van der Waals surface area contributed by atoms with E-state index in [1.165, 1.54) is 30.0 Å². The summed E-state index contributed by atoms with van der Waals surface area (Å²) in [5.41, 5.74) is 2.47. The lowest BCUT2D eigenvalue weighted by Crippen LogP contribution is -2.37. The molecular weight excluding hydrogens is 428 g/mol. The van der Waals surface area contributed by atoms with Crippen LogP contribution < -0.4 is 0 Å². The molecule has 0 fully saturated rings. The third-order valence-electron chi connectivity index (χ3n) is 4.96. The molecule has 0 radical (unpaired) electrons. The van der Waals surface area contributed by atoms with E-state index >= 15 is 0 Å². The first-order chi connectivity index (χ1) is 15.5. The molecular formula is C23H14N4O4S. The Balaban J connectivity index is 1.45. The van der Waals surface area contributed by atoms with Crippen LogP contribution in [0.5, 0.6) is 0 Å². The summed E-state index contributed by atoms with van der Waals surface area (Å²) in [6.45, 7) is 0. The van der Waals surface area contributed by atoms with Gasteiger partial charge in [-0.05, 0) is 35.9 Å². The minimum atomic E-state index is -0.509. The van der Waals surface area contributed by atoms with Crippen molar-refractivity contribution in [3.63, 3.8) is 0 Å². The topological polar surface area (TPSA) is 113 Å². The molecule has 1 aromatic heterocycles. The summed E-state index contributed by atoms with van der Waals surface area (Å²) >= 11 is 1.30. The number of non-ortho nitro benzene ring substituents is 1. The molecule has 32 heavy (non-hydrogen) atoms. The van der Waals surface area contributed by atoms with Crippen molar-refractivity contribution >= 4 is 46.1 Å². The van der Waals surface area contributed by atoms with E-state index in [1.54, 1.807) is 29.2 Å². The molecule has 156 valence electrons. The van der Waals surface area contributed by atoms with Crippen LogP contribution in [0.1, 0.15) is 11.3 Å². The van der Waals surface area contributed by atoms with Crippen LogP contribution in [0.4, 0.5) is 5.69 Å². The van der Waals surface area contributed by atoms with E-state index in [4.69, 9.17) is 9.83 Å². The first-order valence-electron chi connectivity index (χ1n) is 9.52. The van der Waals surface area contributed by atoms with Crippen LogP contribution in [0, 0.1) is 15.5 Å². The van der Waals surface area contributed by atoms with Gasteiger partial charge in [0.05, 0.1) is 16.2 Å². The monoisotopic (exact) mass is 442 g/mol. The Morgan fingerprint density at radius 2 is 1.78 bits per heavy atom. The van der Waals surface area contributed by atoms with Crippen molar-refractivity contribution in [2.45, 2.75) is 0 Å². The number of nitrogens with one attached hydrogen (secondary N) is 1. The van der Waals surface area contributed by atoms with Crippen molar-refractivity contribution in [2.75, 3.05) is 0 Å². The van der Waals surface area contributed by atoms with Gasteiger partial charge in [0.15, 0.2) is 5.17 Å². The van der Waals surface area contributed by atoms with Crippen LogP contribution in [0.3, 0.4) is 0 Å². The highest BCUT2D eigenvalue weighted by Gasteiger charge is 2.36. The van der Waals surface area contributed by atoms with E-state index in [2.05, 4.69) is 4.99 Å². The first kappa shape index (κ1) is 19.7. The minimum absolute atomic E-state index is 0.0108. The van der Waals surface area contributed by atoms with Crippen molar-refractivity contribution in [2.24, 2.45) is 4.99 Å². The molecule has 0 spiro atoms. The average molecular weight is 442 g/mol. The van der Waals surface area contributed by atoms with Crippen LogP contribution in [0.15, 0.2) is 87.1 Å². The number of nitro groups is 1. The Kier molecular flexibility index (Phi) is 4.79. The number of rotatable bonds is 4. The summed E-state index contributed by atoms with van der Waals surface area (Å²) in [4.78, 5) is 28.8. The van der Waals surface area contributed by atoms with Gasteiger partial charge >= 0.3 is 0 Å². The van der Waals surface area contributed by atoms with Crippen LogP contribution in [-0.4, -0.2) is 26.7 Å². The van der Waals surface area contributed by atoms with Gasteiger partial charge in [-0.25, -0.2) is 0 Å². The summed E-state index contributed by atoms with van der Waals surface area (Å²) in [6, 6.07) is 19.0. The Hall–Kier alpha value is -4.24. The van der Waals surface area contributed by atoms with Gasteiger partial charge < -0.3 is 4.42 Å². The zero-order valence-corrected chi connectivity index (χ0v) is 17.2. The zero-order chi connectivity index (χ0) is 22.2. The summed E-state index contributed by atoms with van der Waals surface area (Å²) in [5, 5.41) is 21.8. The molecule has 0 unspecified atom stereocenters. The number of nitro benzene ring substituents is 1. The lowest BCUT2D eigenvalue weighted by Gasteiger charge is -2.26. The second kappa shape index (κ2) is 7.78. The minimum Gasteiger partial charge on any atom is -0.457 e. The SMILES string of the molecule is N=C1C(=Cc2ccc(-c3ccc([N+](=O)[O-])cc3)o2)C(=O)N=C2SC=C(c3ccccc3)N12. The highest BCUT2D eigenvalue weighted by molar-refractivity contribution is 8.17. The number of carbonyl (C=O) groups excluding carboxylic acids is 1. The van der Waals surface area contributed by atoms with Crippen molar-refractivity contribution in [3.05, 3.63) is 99.1 Å². The zero-order valence-electron chi connectivity index (χ0n) is 16.4. The number of aliphatic imine (C=N–C) groups is 1. The molecule has 9 heteroatoms. The second-order valence-corrected chi connectivity index (χ2v) is 7.77. The number of amides is 1. The van der Waals surface area contributed by atoms with Crippen molar-refractivity contribution in [1.82, 2.24) is 4.90 Å². The van der Waals surface area contributed by atoms with Gasteiger partial charge in [-0.15, -0.1) is 0 Å². The number of furan rings is 1. The number of fused-ring (bicyclic) bond motifs is 1. The lowest BCUT2D eigenvalue weighted by molar-refractivity contribution is -0.384. The van der Waals surface area contributed by atoms with Crippen LogP contribution in [-0.2, 0) is 4.79 Å². The second-order valence-electron chi connectivity index (χ2n) is 6.93. The average Bonchev–Trinajstić information content (AvgIpc) is 3.44. The van der Waals surface area contributed by atoms with Gasteiger partial charge in [0.1, 0.15) is 17.4 Å². The Labute approximate surface area is 186 Å². The number of amidine groups is 2. The smallest absolute Gasteiger partial charge is 0.283 e. The van der Waals surface area contributed by atoms with Gasteiger partial charge in [-0.2, -0.15) is 4.99 Å². The highest BCUT2D eigenvalue weighted by atomic mass is 32.2. The molecule has 0 saturated carbocycles. The molecule has 0 atom stereocenters. The number of hydrogen-bond acceptors (Lipinski definition) is 6. The first-order valence-corrected chi connectivity index (χ1v) is 10.4. The fraction of sp³-hybridized carbons (Fsp3) is 0. The van der Waals surface area contributed by atoms with Crippen LogP contribution in [0.2, 0.25) is 0 Å². The number of thioether (sulfide) groups is 1. The van der Waals surface area contributed by atoms with E-state index in [0.717, 1.165) is 11.3 Å². The Morgan fingerprint density at radius 1 is 1.03 bits per heavy atom. The maximum atomic E-state index is 12.6. The summed E-state index contributed by atoms with van der Waals surface area (Å²) in [5.74, 6) is 0.382. The van der Waals surface area contributed by atoms with Crippen LogP contribution in [0.25, 0.3) is 23.1 Å². The Morgan fingerprint density at radius 3 is 2.50 bits per heavy atom. The lowest BCUT2D eigenvalue weighted by atomic mass is 10.1. The van der Waals surface area contributed by atoms with Crippen molar-refractivity contribution in [3.8, 4) is 11.3 Å². The molecule has 1 N–H and O–H groups in total. The van der Waals surface area contributed by atoms with E-state index in [0.29, 0.717) is 22.3 Å². The number of nitrogens with zero attached hydrogens (tertiary/aromatic N) is 3. The van der Waals surface area contributed by atoms with Gasteiger partial charge in [-0.3, -0.25) is 25.2 Å². The van der Waals surface area contributed by atoms with E-state index in [1.807, 2.05) is 35.7 Å². The fourth-order valence-corrected chi connectivity index (χ4v) is 4.28. The largest absolute Gasteiger partial charge is 0.457 e. The normalized spacial score (nSPS) is 16.8. The van der Waals surface area contributed by atoms with E-state index < -0.39 is 10.8 Å². The van der Waals surface area contributed by atoms with Gasteiger partial charge in [-0.1, -0.05) is 42.1 Å². The van der Waals surface area contributed by atoms with Gasteiger partial charge in [0.2, 0.25) is 0 Å². The molecule has 3 heterocycles. The number of carbonyl (C=O) groups is 1. The third kappa shape index (κ3) is 3.44.